The number of ether oxygens (including phenoxy) is 1. The van der Waals surface area contributed by atoms with Gasteiger partial charge >= 0.3 is 0 Å². The summed E-state index contributed by atoms with van der Waals surface area (Å²) in [6.07, 6.45) is 4.70. The summed E-state index contributed by atoms with van der Waals surface area (Å²) < 4.78 is 5.63. The normalized spacial score (nSPS) is 21.7. The van der Waals surface area contributed by atoms with E-state index in [0.29, 0.717) is 5.92 Å². The molecule has 86 valence electrons. The molecule has 16 heavy (non-hydrogen) atoms. The van der Waals surface area contributed by atoms with Gasteiger partial charge in [0, 0.05) is 18.5 Å². The zero-order chi connectivity index (χ0) is 11.0. The van der Waals surface area contributed by atoms with Gasteiger partial charge in [0.25, 0.3) is 0 Å². The Labute approximate surface area is 101 Å². The van der Waals surface area contributed by atoms with Gasteiger partial charge in [-0.3, -0.25) is 0 Å². The number of hydrogen-bond acceptors (Lipinski definition) is 2. The van der Waals surface area contributed by atoms with Crippen molar-refractivity contribution in [1.29, 1.82) is 0 Å². The molecule has 0 amide bonds. The van der Waals surface area contributed by atoms with Gasteiger partial charge in [0.1, 0.15) is 5.75 Å². The van der Waals surface area contributed by atoms with Gasteiger partial charge in [-0.1, -0.05) is 6.07 Å². The molecule has 1 heterocycles. The summed E-state index contributed by atoms with van der Waals surface area (Å²) in [5.41, 5.74) is 4.57. The minimum atomic E-state index is 0.679. The zero-order valence-corrected chi connectivity index (χ0v) is 10.0. The van der Waals surface area contributed by atoms with Gasteiger partial charge in [-0.15, -0.1) is 0 Å². The molecule has 1 aliphatic heterocycles. The van der Waals surface area contributed by atoms with Gasteiger partial charge < -0.3 is 4.74 Å². The number of fused-ring (bicyclic) bond motifs is 3. The third-order valence-corrected chi connectivity index (χ3v) is 3.96. The molecule has 1 N–H and O–H groups in total. The second kappa shape index (κ2) is 4.27. The SMILES string of the molecule is ClNCC[C@@H]1CCc2ccc3c(c21)CCO3. The summed E-state index contributed by atoms with van der Waals surface area (Å²) in [4.78, 5) is 2.73. The van der Waals surface area contributed by atoms with Crippen molar-refractivity contribution in [3.05, 3.63) is 28.8 Å². The second-order valence-electron chi connectivity index (χ2n) is 4.62. The number of rotatable bonds is 3. The van der Waals surface area contributed by atoms with Gasteiger partial charge in [-0.25, -0.2) is 4.84 Å². The highest BCUT2D eigenvalue weighted by atomic mass is 35.5. The molecule has 0 saturated carbocycles. The van der Waals surface area contributed by atoms with Gasteiger partial charge in [0.2, 0.25) is 0 Å². The fourth-order valence-electron chi connectivity index (χ4n) is 3.07. The van der Waals surface area contributed by atoms with Crippen LogP contribution in [0.4, 0.5) is 0 Å². The Morgan fingerprint density at radius 3 is 3.19 bits per heavy atom. The van der Waals surface area contributed by atoms with E-state index in [0.717, 1.165) is 31.7 Å². The van der Waals surface area contributed by atoms with Crippen molar-refractivity contribution in [3.8, 4) is 5.75 Å². The van der Waals surface area contributed by atoms with E-state index >= 15 is 0 Å². The molecule has 0 aromatic heterocycles. The molecule has 0 bridgehead atoms. The molecule has 1 aliphatic carbocycles. The summed E-state index contributed by atoms with van der Waals surface area (Å²) in [6, 6.07) is 4.39. The minimum absolute atomic E-state index is 0.679. The maximum absolute atomic E-state index is 5.63. The van der Waals surface area contributed by atoms with Crippen LogP contribution in [0.15, 0.2) is 12.1 Å². The number of benzene rings is 1. The summed E-state index contributed by atoms with van der Waals surface area (Å²) >= 11 is 5.55. The van der Waals surface area contributed by atoms with E-state index in [1.165, 1.54) is 24.0 Å². The molecule has 1 aromatic carbocycles. The van der Waals surface area contributed by atoms with Crippen molar-refractivity contribution in [2.24, 2.45) is 0 Å². The molecule has 0 unspecified atom stereocenters. The van der Waals surface area contributed by atoms with Crippen LogP contribution in [0.5, 0.6) is 5.75 Å². The lowest BCUT2D eigenvalue weighted by molar-refractivity contribution is 0.357. The van der Waals surface area contributed by atoms with E-state index < -0.39 is 0 Å². The summed E-state index contributed by atoms with van der Waals surface area (Å²) in [6.45, 7) is 1.74. The average molecular weight is 238 g/mol. The molecule has 0 fully saturated rings. The van der Waals surface area contributed by atoms with Crippen molar-refractivity contribution < 1.29 is 4.74 Å². The average Bonchev–Trinajstić information content (AvgIpc) is 2.91. The Morgan fingerprint density at radius 1 is 1.38 bits per heavy atom. The van der Waals surface area contributed by atoms with Crippen LogP contribution >= 0.6 is 11.8 Å². The maximum Gasteiger partial charge on any atom is 0.122 e. The minimum Gasteiger partial charge on any atom is -0.493 e. The van der Waals surface area contributed by atoms with E-state index in [-0.39, 0.29) is 0 Å². The van der Waals surface area contributed by atoms with Crippen LogP contribution in [-0.2, 0) is 12.8 Å². The topological polar surface area (TPSA) is 21.3 Å². The van der Waals surface area contributed by atoms with Crippen molar-refractivity contribution in [3.63, 3.8) is 0 Å². The van der Waals surface area contributed by atoms with Crippen LogP contribution in [0.3, 0.4) is 0 Å². The molecule has 3 rings (SSSR count). The third kappa shape index (κ3) is 1.61. The summed E-state index contributed by atoms with van der Waals surface area (Å²) in [7, 11) is 0. The molecule has 0 saturated heterocycles. The quantitative estimate of drug-likeness (QED) is 0.817. The van der Waals surface area contributed by atoms with Gasteiger partial charge in [0.15, 0.2) is 0 Å². The van der Waals surface area contributed by atoms with E-state index in [2.05, 4.69) is 17.0 Å². The number of halogens is 1. The zero-order valence-electron chi connectivity index (χ0n) is 9.26. The van der Waals surface area contributed by atoms with Crippen LogP contribution in [0.25, 0.3) is 0 Å². The second-order valence-corrected chi connectivity index (χ2v) is 4.89. The van der Waals surface area contributed by atoms with E-state index in [4.69, 9.17) is 16.5 Å². The monoisotopic (exact) mass is 237 g/mol. The lowest BCUT2D eigenvalue weighted by atomic mass is 9.92. The lowest BCUT2D eigenvalue weighted by Crippen LogP contribution is -2.07. The number of nitrogens with one attached hydrogen (secondary N) is 1. The fourth-order valence-corrected chi connectivity index (χ4v) is 3.18. The summed E-state index contributed by atoms with van der Waals surface area (Å²) in [5, 5.41) is 0. The summed E-state index contributed by atoms with van der Waals surface area (Å²) in [5.74, 6) is 1.79. The molecule has 0 spiro atoms. The van der Waals surface area contributed by atoms with Crippen molar-refractivity contribution in [1.82, 2.24) is 4.84 Å². The molecule has 0 radical (unpaired) electrons. The maximum atomic E-state index is 5.63. The molecule has 2 nitrogen and oxygen atoms in total. The highest BCUT2D eigenvalue weighted by Crippen LogP contribution is 2.42. The largest absolute Gasteiger partial charge is 0.493 e. The Balaban J connectivity index is 1.94. The number of aryl methyl sites for hydroxylation is 1. The van der Waals surface area contributed by atoms with Crippen molar-refractivity contribution >= 4 is 11.8 Å². The van der Waals surface area contributed by atoms with Crippen LogP contribution in [0.2, 0.25) is 0 Å². The first-order chi connectivity index (χ1) is 7.90. The Bertz CT molecular complexity index is 405. The molecule has 1 aromatic rings. The predicted octanol–water partition coefficient (Wildman–Crippen LogP) is 2.78. The van der Waals surface area contributed by atoms with Crippen LogP contribution < -0.4 is 9.57 Å². The van der Waals surface area contributed by atoms with Gasteiger partial charge in [-0.2, -0.15) is 0 Å². The molecule has 1 atom stereocenters. The molecule has 2 aliphatic rings. The highest BCUT2D eigenvalue weighted by molar-refractivity contribution is 6.13. The Kier molecular flexibility index (Phi) is 2.78. The first-order valence-corrected chi connectivity index (χ1v) is 6.39. The van der Waals surface area contributed by atoms with E-state index in [1.54, 1.807) is 5.56 Å². The van der Waals surface area contributed by atoms with Gasteiger partial charge in [0.05, 0.1) is 6.61 Å². The predicted molar refractivity (Wildman–Crippen MR) is 65.2 cm³/mol. The first-order valence-electron chi connectivity index (χ1n) is 6.01. The smallest absolute Gasteiger partial charge is 0.122 e. The number of hydrogen-bond donors (Lipinski definition) is 1. The van der Waals surface area contributed by atoms with Crippen molar-refractivity contribution in [2.45, 2.75) is 31.6 Å². The van der Waals surface area contributed by atoms with Crippen LogP contribution in [0, 0.1) is 0 Å². The molecular weight excluding hydrogens is 222 g/mol. The lowest BCUT2D eigenvalue weighted by Gasteiger charge is -2.14. The Hall–Kier alpha value is -0.730. The molecular formula is C13H16ClNO. The molecule has 3 heteroatoms. The third-order valence-electron chi connectivity index (χ3n) is 3.77. The highest BCUT2D eigenvalue weighted by Gasteiger charge is 2.28. The van der Waals surface area contributed by atoms with E-state index in [9.17, 15) is 0 Å². The van der Waals surface area contributed by atoms with Crippen LogP contribution in [0.1, 0.15) is 35.4 Å². The van der Waals surface area contributed by atoms with Crippen molar-refractivity contribution in [2.75, 3.05) is 13.2 Å². The fraction of sp³-hybridized carbons (Fsp3) is 0.538. The Morgan fingerprint density at radius 2 is 2.31 bits per heavy atom. The standard InChI is InChI=1S/C13H16ClNO/c14-15-7-5-10-2-1-9-3-4-12-11(13(9)10)6-8-16-12/h3-4,10,15H,1-2,5-8H2/t10-/m0/s1. The van der Waals surface area contributed by atoms with Gasteiger partial charge in [-0.05, 0) is 54.2 Å². The first kappa shape index (κ1) is 10.4. The van der Waals surface area contributed by atoms with E-state index in [1.807, 2.05) is 0 Å². The van der Waals surface area contributed by atoms with Crippen LogP contribution in [-0.4, -0.2) is 13.2 Å².